The third kappa shape index (κ3) is 5.84. The molecular formula is C22H28N6S. The molecule has 0 atom stereocenters. The van der Waals surface area contributed by atoms with Crippen molar-refractivity contribution in [1.82, 2.24) is 25.0 Å². The topological polar surface area (TPSA) is 58.3 Å². The Balaban J connectivity index is 1.73. The normalized spacial score (nSPS) is 11.5. The predicted molar refractivity (Wildman–Crippen MR) is 120 cm³/mol. The largest absolute Gasteiger partial charge is 0.349 e. The summed E-state index contributed by atoms with van der Waals surface area (Å²) in [6.45, 7) is 3.91. The number of aromatic nitrogens is 3. The molecule has 7 heteroatoms. The number of aryl methyl sites for hydroxylation is 1. The number of hydrogen-bond donors (Lipinski definition) is 1. The van der Waals surface area contributed by atoms with Gasteiger partial charge >= 0.3 is 0 Å². The molecule has 1 aromatic heterocycles. The van der Waals surface area contributed by atoms with Crippen molar-refractivity contribution in [3.8, 4) is 0 Å². The highest BCUT2D eigenvalue weighted by molar-refractivity contribution is 7.98. The van der Waals surface area contributed by atoms with E-state index in [4.69, 9.17) is 4.99 Å². The second-order valence-corrected chi connectivity index (χ2v) is 7.79. The minimum atomic E-state index is 0.570. The summed E-state index contributed by atoms with van der Waals surface area (Å²) >= 11 is 1.75. The van der Waals surface area contributed by atoms with Crippen molar-refractivity contribution < 1.29 is 0 Å². The molecule has 0 saturated carbocycles. The van der Waals surface area contributed by atoms with Crippen LogP contribution >= 0.6 is 11.8 Å². The van der Waals surface area contributed by atoms with Gasteiger partial charge in [0.15, 0.2) is 11.8 Å². The van der Waals surface area contributed by atoms with Crippen LogP contribution in [-0.4, -0.2) is 38.9 Å². The van der Waals surface area contributed by atoms with Gasteiger partial charge in [-0.3, -0.25) is 0 Å². The summed E-state index contributed by atoms with van der Waals surface area (Å²) in [6, 6.07) is 18.9. The molecule has 2 aromatic carbocycles. The summed E-state index contributed by atoms with van der Waals surface area (Å²) in [7, 11) is 4.03. The molecule has 3 rings (SSSR count). The average molecular weight is 409 g/mol. The lowest BCUT2D eigenvalue weighted by Gasteiger charge is -2.23. The Bertz CT molecular complexity index is 934. The maximum Gasteiger partial charge on any atom is 0.194 e. The first-order valence-electron chi connectivity index (χ1n) is 9.58. The zero-order valence-corrected chi connectivity index (χ0v) is 18.3. The lowest BCUT2D eigenvalue weighted by molar-refractivity contribution is 0.472. The van der Waals surface area contributed by atoms with Crippen LogP contribution in [0.5, 0.6) is 0 Å². The number of aliphatic imine (C=N–C) groups is 1. The van der Waals surface area contributed by atoms with Gasteiger partial charge in [0.1, 0.15) is 5.82 Å². The number of guanidine groups is 1. The smallest absolute Gasteiger partial charge is 0.194 e. The molecule has 0 unspecified atom stereocenters. The van der Waals surface area contributed by atoms with Gasteiger partial charge in [0.25, 0.3) is 0 Å². The molecule has 0 aliphatic heterocycles. The highest BCUT2D eigenvalue weighted by Crippen LogP contribution is 2.15. The van der Waals surface area contributed by atoms with Crippen molar-refractivity contribution >= 4 is 17.7 Å². The maximum atomic E-state index is 4.85. The lowest BCUT2D eigenvalue weighted by atomic mass is 10.2. The minimum absolute atomic E-state index is 0.570. The first kappa shape index (κ1) is 20.9. The Morgan fingerprint density at radius 3 is 2.41 bits per heavy atom. The van der Waals surface area contributed by atoms with E-state index in [1.807, 2.05) is 36.7 Å². The molecule has 3 aromatic rings. The highest BCUT2D eigenvalue weighted by Gasteiger charge is 2.11. The van der Waals surface area contributed by atoms with Crippen molar-refractivity contribution in [3.63, 3.8) is 0 Å². The first-order chi connectivity index (χ1) is 14.1. The van der Waals surface area contributed by atoms with E-state index in [9.17, 15) is 0 Å². The van der Waals surface area contributed by atoms with Crippen molar-refractivity contribution in [2.75, 3.05) is 13.3 Å². The third-order valence-electron chi connectivity index (χ3n) is 4.78. The fraction of sp³-hybridized carbons (Fsp3) is 0.318. The quantitative estimate of drug-likeness (QED) is 0.368. The molecule has 1 heterocycles. The lowest BCUT2D eigenvalue weighted by Crippen LogP contribution is -2.38. The molecular weight excluding hydrogens is 380 g/mol. The Kier molecular flexibility index (Phi) is 7.30. The second-order valence-electron chi connectivity index (χ2n) is 6.91. The predicted octanol–water partition coefficient (Wildman–Crippen LogP) is 3.62. The van der Waals surface area contributed by atoms with E-state index >= 15 is 0 Å². The molecule has 0 spiro atoms. The number of nitrogens with one attached hydrogen (secondary N) is 1. The van der Waals surface area contributed by atoms with Gasteiger partial charge in [-0.05, 0) is 36.4 Å². The van der Waals surface area contributed by atoms with E-state index in [1.165, 1.54) is 16.0 Å². The van der Waals surface area contributed by atoms with Crippen molar-refractivity contribution in [3.05, 3.63) is 77.4 Å². The van der Waals surface area contributed by atoms with Gasteiger partial charge in [0.05, 0.1) is 13.1 Å². The summed E-state index contributed by atoms with van der Waals surface area (Å²) in [6.07, 6.45) is 2.09. The van der Waals surface area contributed by atoms with Gasteiger partial charge in [-0.15, -0.1) is 22.0 Å². The van der Waals surface area contributed by atoms with Gasteiger partial charge in [0, 0.05) is 25.5 Å². The Hall–Kier alpha value is -2.80. The van der Waals surface area contributed by atoms with Crippen molar-refractivity contribution in [2.24, 2.45) is 12.0 Å². The van der Waals surface area contributed by atoms with E-state index in [0.29, 0.717) is 13.1 Å². The summed E-state index contributed by atoms with van der Waals surface area (Å²) in [5, 5.41) is 11.8. The number of rotatable bonds is 7. The molecule has 0 saturated heterocycles. The van der Waals surface area contributed by atoms with Gasteiger partial charge in [-0.2, -0.15) is 0 Å². The zero-order chi connectivity index (χ0) is 20.6. The summed E-state index contributed by atoms with van der Waals surface area (Å²) < 4.78 is 1.99. The Morgan fingerprint density at radius 2 is 1.79 bits per heavy atom. The van der Waals surface area contributed by atoms with Crippen LogP contribution in [0.25, 0.3) is 0 Å². The average Bonchev–Trinajstić information content (AvgIpc) is 3.07. The number of hydrogen-bond acceptors (Lipinski definition) is 4. The SMILES string of the molecule is CSc1ccc(CN(C)C(=NCc2ccccc2)NCc2nnc(C)n2C)cc1. The number of benzene rings is 2. The molecule has 0 bridgehead atoms. The molecule has 0 aliphatic carbocycles. The monoisotopic (exact) mass is 408 g/mol. The van der Waals surface area contributed by atoms with Crippen LogP contribution in [0.15, 0.2) is 64.5 Å². The van der Waals surface area contributed by atoms with Crippen LogP contribution in [0, 0.1) is 6.92 Å². The third-order valence-corrected chi connectivity index (χ3v) is 5.53. The number of nitrogens with zero attached hydrogens (tertiary/aromatic N) is 5. The fourth-order valence-electron chi connectivity index (χ4n) is 2.90. The van der Waals surface area contributed by atoms with E-state index in [0.717, 1.165) is 24.2 Å². The van der Waals surface area contributed by atoms with E-state index in [2.05, 4.69) is 70.1 Å². The Labute approximate surface area is 177 Å². The minimum Gasteiger partial charge on any atom is -0.349 e. The van der Waals surface area contributed by atoms with Gasteiger partial charge < -0.3 is 14.8 Å². The molecule has 0 radical (unpaired) electrons. The van der Waals surface area contributed by atoms with Crippen LogP contribution in [0.2, 0.25) is 0 Å². The van der Waals surface area contributed by atoms with Gasteiger partial charge in [0.2, 0.25) is 0 Å². The van der Waals surface area contributed by atoms with Crippen molar-refractivity contribution in [2.45, 2.75) is 31.5 Å². The molecule has 6 nitrogen and oxygen atoms in total. The fourth-order valence-corrected chi connectivity index (χ4v) is 3.31. The summed E-state index contributed by atoms with van der Waals surface area (Å²) in [4.78, 5) is 8.25. The second kappa shape index (κ2) is 10.1. The van der Waals surface area contributed by atoms with Crippen LogP contribution in [0.4, 0.5) is 0 Å². The number of thioether (sulfide) groups is 1. The molecule has 152 valence electrons. The van der Waals surface area contributed by atoms with Crippen LogP contribution in [-0.2, 0) is 26.7 Å². The highest BCUT2D eigenvalue weighted by atomic mass is 32.2. The Morgan fingerprint density at radius 1 is 1.07 bits per heavy atom. The summed E-state index contributed by atoms with van der Waals surface area (Å²) in [5.41, 5.74) is 2.42. The molecule has 29 heavy (non-hydrogen) atoms. The van der Waals surface area contributed by atoms with E-state index in [1.54, 1.807) is 11.8 Å². The molecule has 1 N–H and O–H groups in total. The van der Waals surface area contributed by atoms with Gasteiger partial charge in [-0.1, -0.05) is 42.5 Å². The van der Waals surface area contributed by atoms with E-state index in [-0.39, 0.29) is 0 Å². The molecule has 0 aliphatic rings. The van der Waals surface area contributed by atoms with Crippen LogP contribution in [0.1, 0.15) is 22.8 Å². The van der Waals surface area contributed by atoms with Crippen LogP contribution in [0.3, 0.4) is 0 Å². The van der Waals surface area contributed by atoms with Crippen molar-refractivity contribution in [1.29, 1.82) is 0 Å². The maximum absolute atomic E-state index is 4.85. The summed E-state index contributed by atoms with van der Waals surface area (Å²) in [5.74, 6) is 2.61. The zero-order valence-electron chi connectivity index (χ0n) is 17.5. The first-order valence-corrected chi connectivity index (χ1v) is 10.8. The van der Waals surface area contributed by atoms with Crippen LogP contribution < -0.4 is 5.32 Å². The molecule has 0 fully saturated rings. The van der Waals surface area contributed by atoms with Gasteiger partial charge in [-0.25, -0.2) is 4.99 Å². The standard InChI is InChI=1S/C22H28N6S/c1-17-25-26-21(28(17)3)15-24-22(23-14-18-8-6-5-7-9-18)27(2)16-19-10-12-20(29-4)13-11-19/h5-13H,14-16H2,1-4H3,(H,23,24). The van der Waals surface area contributed by atoms with E-state index < -0.39 is 0 Å². The molecule has 0 amide bonds.